The summed E-state index contributed by atoms with van der Waals surface area (Å²) in [6, 6.07) is 15.5. The maximum absolute atomic E-state index is 12.9. The molecule has 6 nitrogen and oxygen atoms in total. The number of rotatable bonds is 7. The van der Waals surface area contributed by atoms with Gasteiger partial charge < -0.3 is 19.6 Å². The normalized spacial score (nSPS) is 18.5. The summed E-state index contributed by atoms with van der Waals surface area (Å²) in [5.41, 5.74) is 1.34. The predicted octanol–water partition coefficient (Wildman–Crippen LogP) is 3.07. The van der Waals surface area contributed by atoms with Crippen LogP contribution in [0.15, 0.2) is 60.2 Å². The highest BCUT2D eigenvalue weighted by Crippen LogP contribution is 2.40. The minimum atomic E-state index is -0.671. The van der Waals surface area contributed by atoms with E-state index in [1.165, 1.54) is 4.90 Å². The smallest absolute Gasteiger partial charge is 0.295 e. The van der Waals surface area contributed by atoms with E-state index in [1.807, 2.05) is 56.3 Å². The Morgan fingerprint density at radius 3 is 2.48 bits per heavy atom. The highest BCUT2D eigenvalue weighted by molar-refractivity contribution is 6.46. The zero-order chi connectivity index (χ0) is 21.0. The summed E-state index contributed by atoms with van der Waals surface area (Å²) in [5.74, 6) is -0.779. The van der Waals surface area contributed by atoms with Gasteiger partial charge in [-0.2, -0.15) is 0 Å². The minimum absolute atomic E-state index is 0.105. The Bertz CT molecular complexity index is 921. The largest absolute Gasteiger partial charge is 0.507 e. The third kappa shape index (κ3) is 4.32. The second-order valence-corrected chi connectivity index (χ2v) is 7.17. The van der Waals surface area contributed by atoms with Crippen LogP contribution in [0.3, 0.4) is 0 Å². The monoisotopic (exact) mass is 394 g/mol. The van der Waals surface area contributed by atoms with E-state index in [0.29, 0.717) is 31.0 Å². The Morgan fingerprint density at radius 1 is 1.10 bits per heavy atom. The lowest BCUT2D eigenvalue weighted by molar-refractivity contribution is -0.140. The van der Waals surface area contributed by atoms with Crippen molar-refractivity contribution in [1.29, 1.82) is 0 Å². The van der Waals surface area contributed by atoms with Crippen molar-refractivity contribution in [3.05, 3.63) is 71.3 Å². The molecular formula is C23H26N2O4. The minimum Gasteiger partial charge on any atom is -0.507 e. The van der Waals surface area contributed by atoms with Crippen LogP contribution in [0.4, 0.5) is 0 Å². The number of aliphatic hydroxyl groups is 1. The van der Waals surface area contributed by atoms with Crippen molar-refractivity contribution in [3.8, 4) is 5.75 Å². The standard InChI is InChI=1S/C23H26N2O4/c1-4-29-18-12-8-11-17(15-18)20-19(21(26)16-9-6-5-7-10-16)22(27)23(28)25(20)14-13-24(2)3/h5-12,15,20,26H,4,13-14H2,1-3H3/b21-19+. The summed E-state index contributed by atoms with van der Waals surface area (Å²) >= 11 is 0. The van der Waals surface area contributed by atoms with Crippen molar-refractivity contribution in [3.63, 3.8) is 0 Å². The van der Waals surface area contributed by atoms with Gasteiger partial charge in [-0.3, -0.25) is 9.59 Å². The molecule has 1 amide bonds. The van der Waals surface area contributed by atoms with Crippen LogP contribution in [0.25, 0.3) is 5.76 Å². The number of Topliss-reactive ketones (excluding diaryl/α,β-unsaturated/α-hetero) is 1. The molecule has 6 heteroatoms. The third-order valence-corrected chi connectivity index (χ3v) is 4.86. The highest BCUT2D eigenvalue weighted by Gasteiger charge is 2.45. The van der Waals surface area contributed by atoms with Crippen molar-refractivity contribution >= 4 is 17.4 Å². The molecule has 0 saturated carbocycles. The van der Waals surface area contributed by atoms with Crippen LogP contribution in [-0.4, -0.2) is 60.4 Å². The quantitative estimate of drug-likeness (QED) is 0.444. The van der Waals surface area contributed by atoms with Crippen LogP contribution in [0, 0.1) is 0 Å². The van der Waals surface area contributed by atoms with Crippen molar-refractivity contribution in [2.24, 2.45) is 0 Å². The average molecular weight is 394 g/mol. The van der Waals surface area contributed by atoms with E-state index >= 15 is 0 Å². The molecule has 152 valence electrons. The number of likely N-dealkylation sites (N-methyl/N-ethyl adjacent to an activating group) is 1. The number of carbonyl (C=O) groups excluding carboxylic acids is 2. The Kier molecular flexibility index (Phi) is 6.34. The van der Waals surface area contributed by atoms with Gasteiger partial charge >= 0.3 is 0 Å². The molecule has 0 aromatic heterocycles. The molecule has 1 atom stereocenters. The van der Waals surface area contributed by atoms with Crippen LogP contribution in [0.2, 0.25) is 0 Å². The van der Waals surface area contributed by atoms with Gasteiger partial charge in [0.2, 0.25) is 0 Å². The van der Waals surface area contributed by atoms with Gasteiger partial charge in [0.15, 0.2) is 0 Å². The maximum Gasteiger partial charge on any atom is 0.295 e. The van der Waals surface area contributed by atoms with E-state index in [4.69, 9.17) is 4.74 Å². The van der Waals surface area contributed by atoms with Crippen LogP contribution < -0.4 is 4.74 Å². The third-order valence-electron chi connectivity index (χ3n) is 4.86. The Morgan fingerprint density at radius 2 is 1.83 bits per heavy atom. The van der Waals surface area contributed by atoms with Gasteiger partial charge in [-0.15, -0.1) is 0 Å². The second kappa shape index (κ2) is 8.92. The number of hydrogen-bond donors (Lipinski definition) is 1. The first-order chi connectivity index (χ1) is 13.9. The Labute approximate surface area is 171 Å². The average Bonchev–Trinajstić information content (AvgIpc) is 2.97. The zero-order valence-electron chi connectivity index (χ0n) is 17.0. The topological polar surface area (TPSA) is 70.1 Å². The van der Waals surface area contributed by atoms with Gasteiger partial charge in [0, 0.05) is 18.7 Å². The predicted molar refractivity (Wildman–Crippen MR) is 112 cm³/mol. The number of carbonyl (C=O) groups is 2. The van der Waals surface area contributed by atoms with Gasteiger partial charge in [0.05, 0.1) is 18.2 Å². The molecule has 1 aliphatic rings. The molecular weight excluding hydrogens is 368 g/mol. The number of hydrogen-bond acceptors (Lipinski definition) is 5. The van der Waals surface area contributed by atoms with Gasteiger partial charge in [0.25, 0.3) is 11.7 Å². The molecule has 1 fully saturated rings. The van der Waals surface area contributed by atoms with Crippen LogP contribution in [0.1, 0.15) is 24.1 Å². The van der Waals surface area contributed by atoms with E-state index in [2.05, 4.69) is 0 Å². The van der Waals surface area contributed by atoms with Crippen molar-refractivity contribution < 1.29 is 19.4 Å². The Balaban J connectivity index is 2.13. The molecule has 0 spiro atoms. The molecule has 2 aromatic carbocycles. The Hall–Kier alpha value is -3.12. The number of aliphatic hydroxyl groups excluding tert-OH is 1. The molecule has 3 rings (SSSR count). The summed E-state index contributed by atoms with van der Waals surface area (Å²) in [6.07, 6.45) is 0. The number of ketones is 1. The molecule has 1 aliphatic heterocycles. The van der Waals surface area contributed by atoms with E-state index < -0.39 is 17.7 Å². The molecule has 1 saturated heterocycles. The van der Waals surface area contributed by atoms with Gasteiger partial charge in [-0.25, -0.2) is 0 Å². The lowest BCUT2D eigenvalue weighted by Gasteiger charge is -2.26. The van der Waals surface area contributed by atoms with Crippen molar-refractivity contribution in [1.82, 2.24) is 9.80 Å². The molecule has 0 bridgehead atoms. The number of benzene rings is 2. The van der Waals surface area contributed by atoms with Gasteiger partial charge in [0.1, 0.15) is 11.5 Å². The highest BCUT2D eigenvalue weighted by atomic mass is 16.5. The summed E-state index contributed by atoms with van der Waals surface area (Å²) in [6.45, 7) is 3.37. The van der Waals surface area contributed by atoms with Crippen LogP contribution in [-0.2, 0) is 9.59 Å². The molecule has 0 aliphatic carbocycles. The number of amides is 1. The summed E-state index contributed by atoms with van der Waals surface area (Å²) in [5, 5.41) is 10.9. The molecule has 2 aromatic rings. The number of ether oxygens (including phenoxy) is 1. The van der Waals surface area contributed by atoms with Crippen LogP contribution >= 0.6 is 0 Å². The maximum atomic E-state index is 12.9. The van der Waals surface area contributed by atoms with Gasteiger partial charge in [-0.1, -0.05) is 42.5 Å². The first-order valence-corrected chi connectivity index (χ1v) is 9.65. The fraction of sp³-hybridized carbons (Fsp3) is 0.304. The first kappa shape index (κ1) is 20.6. The van der Waals surface area contributed by atoms with E-state index in [-0.39, 0.29) is 11.3 Å². The van der Waals surface area contributed by atoms with E-state index in [9.17, 15) is 14.7 Å². The fourth-order valence-electron chi connectivity index (χ4n) is 3.46. The lowest BCUT2D eigenvalue weighted by Crippen LogP contribution is -2.35. The summed E-state index contributed by atoms with van der Waals surface area (Å²) in [4.78, 5) is 29.2. The van der Waals surface area contributed by atoms with Crippen LogP contribution in [0.5, 0.6) is 5.75 Å². The molecule has 1 unspecified atom stereocenters. The second-order valence-electron chi connectivity index (χ2n) is 7.17. The molecule has 0 radical (unpaired) electrons. The van der Waals surface area contributed by atoms with Crippen molar-refractivity contribution in [2.45, 2.75) is 13.0 Å². The molecule has 1 heterocycles. The number of likely N-dealkylation sites (tertiary alicyclic amines) is 1. The SMILES string of the molecule is CCOc1cccc(C2/C(=C(\O)c3ccccc3)C(=O)C(=O)N2CCN(C)C)c1. The summed E-state index contributed by atoms with van der Waals surface area (Å²) < 4.78 is 5.60. The molecule has 1 N–H and O–H groups in total. The van der Waals surface area contributed by atoms with E-state index in [0.717, 1.165) is 5.56 Å². The number of nitrogens with zero attached hydrogens (tertiary/aromatic N) is 2. The first-order valence-electron chi connectivity index (χ1n) is 9.65. The lowest BCUT2D eigenvalue weighted by atomic mass is 9.95. The molecule has 29 heavy (non-hydrogen) atoms. The fourth-order valence-corrected chi connectivity index (χ4v) is 3.46. The van der Waals surface area contributed by atoms with Gasteiger partial charge in [-0.05, 0) is 38.7 Å². The van der Waals surface area contributed by atoms with E-state index in [1.54, 1.807) is 24.3 Å². The zero-order valence-corrected chi connectivity index (χ0v) is 17.0. The summed E-state index contributed by atoms with van der Waals surface area (Å²) in [7, 11) is 3.82. The van der Waals surface area contributed by atoms with Crippen molar-refractivity contribution in [2.75, 3.05) is 33.8 Å².